The first kappa shape index (κ1) is 20.1. The van der Waals surface area contributed by atoms with Gasteiger partial charge in [0.15, 0.2) is 6.23 Å². The number of fused-ring (bicyclic) bond motifs is 2. The van der Waals surface area contributed by atoms with Crippen molar-refractivity contribution in [3.8, 4) is 0 Å². The van der Waals surface area contributed by atoms with Crippen LogP contribution in [0.25, 0.3) is 21.9 Å². The zero-order chi connectivity index (χ0) is 21.5. The Balaban J connectivity index is 1.33. The number of rotatable bonds is 5. The number of nitrogens with one attached hydrogen (secondary N) is 1. The van der Waals surface area contributed by atoms with E-state index in [-0.39, 0.29) is 0 Å². The topological polar surface area (TPSA) is 105 Å². The first-order chi connectivity index (χ1) is 15.0. The molecule has 1 saturated heterocycles. The minimum absolute atomic E-state index is 0.333. The largest absolute Gasteiger partial charge is 0.388 e. The van der Waals surface area contributed by atoms with Crippen LogP contribution >= 0.6 is 11.6 Å². The second kappa shape index (κ2) is 8.05. The van der Waals surface area contributed by atoms with Gasteiger partial charge in [0.2, 0.25) is 0 Å². The Kier molecular flexibility index (Phi) is 5.23. The highest BCUT2D eigenvalue weighted by molar-refractivity contribution is 6.33. The van der Waals surface area contributed by atoms with Crippen molar-refractivity contribution >= 4 is 39.4 Å². The van der Waals surface area contributed by atoms with Crippen molar-refractivity contribution in [3.63, 3.8) is 0 Å². The molecule has 1 aliphatic rings. The average molecular weight is 440 g/mol. The Bertz CT molecular complexity index is 1250. The molecule has 1 fully saturated rings. The molecule has 9 heteroatoms. The zero-order valence-electron chi connectivity index (χ0n) is 16.8. The average Bonchev–Trinajstić information content (AvgIpc) is 3.34. The molecule has 4 unspecified atom stereocenters. The summed E-state index contributed by atoms with van der Waals surface area (Å²) in [4.78, 5) is 12.8. The summed E-state index contributed by atoms with van der Waals surface area (Å²) >= 11 is 6.12. The Hall–Kier alpha value is -2.78. The number of aliphatic hydroxyl groups is 2. The smallest absolute Gasteiger partial charge is 0.164 e. The number of halogens is 1. The Labute approximate surface area is 183 Å². The number of nitrogens with zero attached hydrogens (tertiary/aromatic N) is 4. The normalized spacial score (nSPS) is 23.6. The molecule has 3 aromatic heterocycles. The highest BCUT2D eigenvalue weighted by Gasteiger charge is 2.43. The summed E-state index contributed by atoms with van der Waals surface area (Å²) in [5.74, 6) is 0.813. The lowest BCUT2D eigenvalue weighted by atomic mass is 10.0. The van der Waals surface area contributed by atoms with Gasteiger partial charge in [-0.1, -0.05) is 23.7 Å². The molecule has 0 bridgehead atoms. The van der Waals surface area contributed by atoms with Gasteiger partial charge in [-0.2, -0.15) is 0 Å². The lowest BCUT2D eigenvalue weighted by Crippen LogP contribution is -2.31. The number of aliphatic hydroxyl groups excluding tert-OH is 2. The SMILES string of the molecule is CNc1ccc2ccc(CCC3OC(n4ccc5c(Cl)ncnc54)C(O)C3O)cc2n1. The molecule has 8 nitrogen and oxygen atoms in total. The van der Waals surface area contributed by atoms with Crippen LogP contribution in [0.1, 0.15) is 18.2 Å². The summed E-state index contributed by atoms with van der Waals surface area (Å²) < 4.78 is 7.75. The minimum atomic E-state index is -1.08. The van der Waals surface area contributed by atoms with E-state index in [1.807, 2.05) is 31.3 Å². The quantitative estimate of drug-likeness (QED) is 0.410. The van der Waals surface area contributed by atoms with Crippen LogP contribution in [0, 0.1) is 0 Å². The molecule has 0 radical (unpaired) electrons. The molecule has 31 heavy (non-hydrogen) atoms. The molecule has 160 valence electrons. The lowest BCUT2D eigenvalue weighted by Gasteiger charge is -2.17. The number of aromatic nitrogens is 4. The van der Waals surface area contributed by atoms with Gasteiger partial charge in [0.1, 0.15) is 35.2 Å². The summed E-state index contributed by atoms with van der Waals surface area (Å²) in [5, 5.41) is 26.4. The van der Waals surface area contributed by atoms with E-state index in [4.69, 9.17) is 16.3 Å². The first-order valence-corrected chi connectivity index (χ1v) is 10.5. The molecule has 1 aromatic carbocycles. The molecule has 0 amide bonds. The van der Waals surface area contributed by atoms with Crippen LogP contribution in [0.15, 0.2) is 48.9 Å². The van der Waals surface area contributed by atoms with Gasteiger partial charge >= 0.3 is 0 Å². The highest BCUT2D eigenvalue weighted by Crippen LogP contribution is 2.34. The maximum absolute atomic E-state index is 10.6. The van der Waals surface area contributed by atoms with Crippen molar-refractivity contribution in [2.75, 3.05) is 12.4 Å². The van der Waals surface area contributed by atoms with Crippen LogP contribution in [0.4, 0.5) is 5.82 Å². The molecule has 4 heterocycles. The monoisotopic (exact) mass is 439 g/mol. The summed E-state index contributed by atoms with van der Waals surface area (Å²) in [7, 11) is 1.84. The van der Waals surface area contributed by atoms with Gasteiger partial charge in [-0.15, -0.1) is 0 Å². The molecule has 1 aliphatic heterocycles. The van der Waals surface area contributed by atoms with Crippen molar-refractivity contribution in [2.24, 2.45) is 0 Å². The second-order valence-electron chi connectivity index (χ2n) is 7.68. The summed E-state index contributed by atoms with van der Waals surface area (Å²) in [6, 6.07) is 11.9. The third kappa shape index (κ3) is 3.61. The first-order valence-electron chi connectivity index (χ1n) is 10.1. The standard InChI is InChI=1S/C22H22ClN5O3/c1-24-17-7-5-13-4-2-12(10-15(13)27-17)3-6-16-18(29)19(30)22(31-16)28-9-8-14-20(23)25-11-26-21(14)28/h2,4-5,7-11,16,18-19,22,29-30H,3,6H2,1H3,(H,24,27). The number of hydrogen-bond donors (Lipinski definition) is 3. The highest BCUT2D eigenvalue weighted by atomic mass is 35.5. The molecular weight excluding hydrogens is 418 g/mol. The molecule has 5 rings (SSSR count). The second-order valence-corrected chi connectivity index (χ2v) is 8.04. The molecule has 3 N–H and O–H groups in total. The molecule has 0 aliphatic carbocycles. The Morgan fingerprint density at radius 3 is 2.81 bits per heavy atom. The van der Waals surface area contributed by atoms with E-state index in [1.54, 1.807) is 16.8 Å². The van der Waals surface area contributed by atoms with Crippen LogP contribution in [0.2, 0.25) is 5.15 Å². The van der Waals surface area contributed by atoms with Crippen molar-refractivity contribution in [1.82, 2.24) is 19.5 Å². The summed E-state index contributed by atoms with van der Waals surface area (Å²) in [6.45, 7) is 0. The van der Waals surface area contributed by atoms with Crippen molar-refractivity contribution in [1.29, 1.82) is 0 Å². The molecular formula is C22H22ClN5O3. The van der Waals surface area contributed by atoms with Crippen LogP contribution in [0.3, 0.4) is 0 Å². The van der Waals surface area contributed by atoms with Gasteiger partial charge in [0.25, 0.3) is 0 Å². The van der Waals surface area contributed by atoms with Gasteiger partial charge in [-0.05, 0) is 42.7 Å². The van der Waals surface area contributed by atoms with E-state index in [2.05, 4.69) is 26.3 Å². The van der Waals surface area contributed by atoms with E-state index in [1.165, 1.54) is 6.33 Å². The van der Waals surface area contributed by atoms with Crippen LogP contribution in [0.5, 0.6) is 0 Å². The summed E-state index contributed by atoms with van der Waals surface area (Å²) in [6.07, 6.45) is 0.998. The maximum atomic E-state index is 10.6. The van der Waals surface area contributed by atoms with Crippen molar-refractivity contribution in [2.45, 2.75) is 37.4 Å². The van der Waals surface area contributed by atoms with Crippen LogP contribution < -0.4 is 5.32 Å². The number of anilines is 1. The van der Waals surface area contributed by atoms with Crippen LogP contribution in [-0.2, 0) is 11.2 Å². The Morgan fingerprint density at radius 2 is 1.97 bits per heavy atom. The van der Waals surface area contributed by atoms with Gasteiger partial charge in [0.05, 0.1) is 17.0 Å². The fourth-order valence-corrected chi connectivity index (χ4v) is 4.30. The van der Waals surface area contributed by atoms with E-state index < -0.39 is 24.5 Å². The lowest BCUT2D eigenvalue weighted by molar-refractivity contribution is -0.0364. The van der Waals surface area contributed by atoms with E-state index in [9.17, 15) is 10.2 Å². The van der Waals surface area contributed by atoms with Crippen molar-refractivity contribution in [3.05, 3.63) is 59.6 Å². The minimum Gasteiger partial charge on any atom is -0.388 e. The zero-order valence-corrected chi connectivity index (χ0v) is 17.6. The van der Waals surface area contributed by atoms with Crippen LogP contribution in [-0.4, -0.2) is 55.1 Å². The predicted molar refractivity (Wildman–Crippen MR) is 118 cm³/mol. The van der Waals surface area contributed by atoms with Gasteiger partial charge in [-0.3, -0.25) is 0 Å². The van der Waals surface area contributed by atoms with Gasteiger partial charge in [-0.25, -0.2) is 15.0 Å². The predicted octanol–water partition coefficient (Wildman–Crippen LogP) is 2.93. The molecule has 4 aromatic rings. The van der Waals surface area contributed by atoms with Gasteiger partial charge < -0.3 is 24.8 Å². The number of hydrogen-bond acceptors (Lipinski definition) is 7. The number of ether oxygens (including phenoxy) is 1. The van der Waals surface area contributed by atoms with E-state index in [0.717, 1.165) is 22.3 Å². The Morgan fingerprint density at radius 1 is 1.13 bits per heavy atom. The molecule has 4 atom stereocenters. The number of pyridine rings is 1. The van der Waals surface area contributed by atoms with E-state index >= 15 is 0 Å². The molecule has 0 spiro atoms. The summed E-state index contributed by atoms with van der Waals surface area (Å²) in [5.41, 5.74) is 2.55. The third-order valence-electron chi connectivity index (χ3n) is 5.80. The number of benzene rings is 1. The maximum Gasteiger partial charge on any atom is 0.164 e. The third-order valence-corrected chi connectivity index (χ3v) is 6.10. The molecule has 0 saturated carbocycles. The van der Waals surface area contributed by atoms with Crippen molar-refractivity contribution < 1.29 is 14.9 Å². The van der Waals surface area contributed by atoms with Gasteiger partial charge in [0, 0.05) is 18.6 Å². The fraction of sp³-hybridized carbons (Fsp3) is 0.318. The number of aryl methyl sites for hydroxylation is 1. The van der Waals surface area contributed by atoms with E-state index in [0.29, 0.717) is 29.0 Å². The fourth-order valence-electron chi connectivity index (χ4n) is 4.11.